The van der Waals surface area contributed by atoms with E-state index in [1.165, 1.54) is 19.3 Å². The Kier molecular flexibility index (Phi) is 7.46. The number of carbonyl (C=O) groups is 1. The molecule has 0 amide bonds. The second-order valence-electron chi connectivity index (χ2n) is 12.3. The summed E-state index contributed by atoms with van der Waals surface area (Å²) in [5, 5.41) is 11.0. The summed E-state index contributed by atoms with van der Waals surface area (Å²) in [5.74, 6) is 2.84. The molecule has 8 atom stereocenters. The Hall–Kier alpha value is -0.393. The van der Waals surface area contributed by atoms with Crippen LogP contribution >= 0.6 is 0 Å². The predicted octanol–water partition coefficient (Wildman–Crippen LogP) is 5.93. The zero-order valence-electron chi connectivity index (χ0n) is 20.4. The molecule has 5 heteroatoms. The number of rotatable bonds is 5. The van der Waals surface area contributed by atoms with Crippen molar-refractivity contribution in [3.05, 3.63) is 0 Å². The van der Waals surface area contributed by atoms with Gasteiger partial charge in [0.2, 0.25) is 0 Å². The maximum atomic E-state index is 12.3. The lowest BCUT2D eigenvalue weighted by atomic mass is 9.58. The molecule has 3 fully saturated rings. The molecule has 174 valence electrons. The molecule has 2 aliphatic carbocycles. The number of ether oxygens (including phenoxy) is 1. The van der Waals surface area contributed by atoms with Gasteiger partial charge in [0.15, 0.2) is 8.32 Å². The molecule has 4 nitrogen and oxygen atoms in total. The lowest BCUT2D eigenvalue weighted by molar-refractivity contribution is -0.160. The summed E-state index contributed by atoms with van der Waals surface area (Å²) < 4.78 is 12.3. The smallest absolute Gasteiger partial charge is 0.308 e. The van der Waals surface area contributed by atoms with E-state index in [0.717, 1.165) is 25.7 Å². The van der Waals surface area contributed by atoms with Gasteiger partial charge in [-0.1, -0.05) is 41.0 Å². The highest BCUT2D eigenvalue weighted by atomic mass is 28.4. The van der Waals surface area contributed by atoms with Gasteiger partial charge in [0.25, 0.3) is 0 Å². The van der Waals surface area contributed by atoms with E-state index in [9.17, 15) is 9.90 Å². The Labute approximate surface area is 185 Å². The van der Waals surface area contributed by atoms with Crippen molar-refractivity contribution in [1.29, 1.82) is 0 Å². The fourth-order valence-electron chi connectivity index (χ4n) is 6.23. The van der Waals surface area contributed by atoms with Crippen molar-refractivity contribution in [3.63, 3.8) is 0 Å². The first-order chi connectivity index (χ1) is 13.9. The first kappa shape index (κ1) is 24.3. The number of carbonyl (C=O) groups excluding carboxylic acids is 1. The summed E-state index contributed by atoms with van der Waals surface area (Å²) in [4.78, 5) is 12.3. The number of hydrogen-bond donors (Lipinski definition) is 1. The molecule has 1 N–H and O–H groups in total. The highest BCUT2D eigenvalue weighted by Crippen LogP contribution is 2.49. The van der Waals surface area contributed by atoms with E-state index >= 15 is 0 Å². The number of hydrogen-bond acceptors (Lipinski definition) is 4. The van der Waals surface area contributed by atoms with Gasteiger partial charge in [-0.15, -0.1) is 0 Å². The number of fused-ring (bicyclic) bond motifs is 1. The van der Waals surface area contributed by atoms with Gasteiger partial charge in [0.05, 0.1) is 18.6 Å². The van der Waals surface area contributed by atoms with Crippen LogP contribution in [0.4, 0.5) is 0 Å². The summed E-state index contributed by atoms with van der Waals surface area (Å²) in [6.45, 7) is 15.9. The van der Waals surface area contributed by atoms with E-state index in [1.807, 2.05) is 0 Å². The third kappa shape index (κ3) is 5.50. The first-order valence-electron chi connectivity index (χ1n) is 12.4. The summed E-state index contributed by atoms with van der Waals surface area (Å²) in [6, 6.07) is 0. The average molecular weight is 439 g/mol. The Morgan fingerprint density at radius 2 is 1.80 bits per heavy atom. The molecule has 2 saturated carbocycles. The van der Waals surface area contributed by atoms with Crippen molar-refractivity contribution < 1.29 is 19.1 Å². The van der Waals surface area contributed by atoms with Crippen LogP contribution in [-0.4, -0.2) is 37.7 Å². The normalized spacial score (nSPS) is 40.6. The van der Waals surface area contributed by atoms with Gasteiger partial charge in [-0.25, -0.2) is 0 Å². The molecule has 0 aromatic heterocycles. The van der Waals surface area contributed by atoms with Crippen LogP contribution in [0.5, 0.6) is 0 Å². The van der Waals surface area contributed by atoms with Crippen molar-refractivity contribution in [2.45, 2.75) is 122 Å². The minimum Gasteiger partial charge on any atom is -0.462 e. The minimum atomic E-state index is -1.90. The summed E-state index contributed by atoms with van der Waals surface area (Å²) in [7, 11) is -1.90. The zero-order valence-corrected chi connectivity index (χ0v) is 21.4. The lowest BCUT2D eigenvalue weighted by Gasteiger charge is -2.49. The van der Waals surface area contributed by atoms with E-state index in [2.05, 4.69) is 47.7 Å². The van der Waals surface area contributed by atoms with E-state index in [0.29, 0.717) is 36.0 Å². The monoisotopic (exact) mass is 438 g/mol. The number of aliphatic hydroxyl groups is 1. The van der Waals surface area contributed by atoms with Crippen LogP contribution in [0.25, 0.3) is 0 Å². The number of esters is 1. The third-order valence-corrected chi connectivity index (χ3v) is 13.4. The Balaban J connectivity index is 1.60. The van der Waals surface area contributed by atoms with E-state index in [-0.39, 0.29) is 29.3 Å². The summed E-state index contributed by atoms with van der Waals surface area (Å²) >= 11 is 0. The molecule has 1 saturated heterocycles. The van der Waals surface area contributed by atoms with Crippen LogP contribution in [0.1, 0.15) is 86.0 Å². The molecule has 30 heavy (non-hydrogen) atoms. The largest absolute Gasteiger partial charge is 0.462 e. The standard InChI is InChI=1S/C25H46O4Si/c1-16-12-18-9-8-17(2)21(24(18)22(26)13-16)11-10-19-14-20(15-23(27)28-19)29-30(6,7)25(3,4)5/h16-22,24,26H,8-15H2,1-7H3/t16-,17-,18-,19+,20+,21-,22-,24-/m0/s1. The molecule has 0 unspecified atom stereocenters. The van der Waals surface area contributed by atoms with Crippen molar-refractivity contribution in [3.8, 4) is 0 Å². The van der Waals surface area contributed by atoms with Gasteiger partial charge in [-0.2, -0.15) is 0 Å². The minimum absolute atomic E-state index is 0.00482. The van der Waals surface area contributed by atoms with Crippen molar-refractivity contribution in [2.75, 3.05) is 0 Å². The van der Waals surface area contributed by atoms with E-state index in [1.54, 1.807) is 0 Å². The van der Waals surface area contributed by atoms with E-state index in [4.69, 9.17) is 9.16 Å². The third-order valence-electron chi connectivity index (χ3n) is 8.86. The van der Waals surface area contributed by atoms with E-state index < -0.39 is 8.32 Å². The molecule has 3 rings (SSSR count). The topological polar surface area (TPSA) is 55.8 Å². The second-order valence-corrected chi connectivity index (χ2v) is 17.1. The number of aliphatic hydroxyl groups excluding tert-OH is 1. The molecule has 0 spiro atoms. The van der Waals surface area contributed by atoms with Gasteiger partial charge in [-0.3, -0.25) is 4.79 Å². The summed E-state index contributed by atoms with van der Waals surface area (Å²) in [5.41, 5.74) is 0. The molecule has 0 aromatic carbocycles. The highest BCUT2D eigenvalue weighted by Gasteiger charge is 2.45. The Morgan fingerprint density at radius 3 is 2.47 bits per heavy atom. The van der Waals surface area contributed by atoms with Crippen LogP contribution in [-0.2, 0) is 14.0 Å². The molecule has 3 aliphatic rings. The quantitative estimate of drug-likeness (QED) is 0.427. The average Bonchev–Trinajstić information content (AvgIpc) is 2.59. The number of cyclic esters (lactones) is 1. The van der Waals surface area contributed by atoms with Gasteiger partial charge in [0, 0.05) is 6.42 Å². The molecule has 0 aromatic rings. The second kappa shape index (κ2) is 9.23. The Morgan fingerprint density at radius 1 is 1.10 bits per heavy atom. The SMILES string of the molecule is C[C@H]1C[C@@H]2CC[C@H](C)[C@H](CC[C@@H]3C[C@@H](O[Si](C)(C)C(C)(C)C)CC(=O)O3)[C@H]2[C@@H](O)C1. The van der Waals surface area contributed by atoms with Crippen molar-refractivity contribution >= 4 is 14.3 Å². The highest BCUT2D eigenvalue weighted by molar-refractivity contribution is 6.74. The fourth-order valence-corrected chi connectivity index (χ4v) is 7.60. The van der Waals surface area contributed by atoms with Crippen molar-refractivity contribution in [1.82, 2.24) is 0 Å². The lowest BCUT2D eigenvalue weighted by Crippen LogP contribution is -2.47. The van der Waals surface area contributed by atoms with Crippen LogP contribution < -0.4 is 0 Å². The summed E-state index contributed by atoms with van der Waals surface area (Å²) in [6.07, 6.45) is 7.74. The predicted molar refractivity (Wildman–Crippen MR) is 124 cm³/mol. The van der Waals surface area contributed by atoms with Crippen LogP contribution in [0.2, 0.25) is 18.1 Å². The van der Waals surface area contributed by atoms with Gasteiger partial charge >= 0.3 is 5.97 Å². The maximum Gasteiger partial charge on any atom is 0.308 e. The molecular formula is C25H46O4Si. The van der Waals surface area contributed by atoms with Crippen molar-refractivity contribution in [2.24, 2.45) is 29.6 Å². The maximum absolute atomic E-state index is 12.3. The fraction of sp³-hybridized carbons (Fsp3) is 0.960. The molecule has 0 bridgehead atoms. The molecular weight excluding hydrogens is 392 g/mol. The van der Waals surface area contributed by atoms with Gasteiger partial charge in [-0.05, 0) is 79.8 Å². The molecule has 0 radical (unpaired) electrons. The Bertz CT molecular complexity index is 598. The van der Waals surface area contributed by atoms with Crippen LogP contribution in [0.3, 0.4) is 0 Å². The zero-order chi connectivity index (χ0) is 22.3. The van der Waals surface area contributed by atoms with Gasteiger partial charge in [0.1, 0.15) is 6.10 Å². The first-order valence-corrected chi connectivity index (χ1v) is 15.3. The van der Waals surface area contributed by atoms with Gasteiger partial charge < -0.3 is 14.3 Å². The molecule has 1 aliphatic heterocycles. The van der Waals surface area contributed by atoms with Crippen LogP contribution in [0.15, 0.2) is 0 Å². The molecule has 1 heterocycles. The van der Waals surface area contributed by atoms with Crippen LogP contribution in [0, 0.1) is 29.6 Å².